The van der Waals surface area contributed by atoms with Crippen LogP contribution in [-0.4, -0.2) is 75.9 Å². The topological polar surface area (TPSA) is 112 Å². The van der Waals surface area contributed by atoms with Gasteiger partial charge in [-0.3, -0.25) is 9.69 Å². The zero-order valence-electron chi connectivity index (χ0n) is 14.7. The Kier molecular flexibility index (Phi) is 4.11. The van der Waals surface area contributed by atoms with Crippen molar-refractivity contribution in [2.45, 2.75) is 32.5 Å². The van der Waals surface area contributed by atoms with Gasteiger partial charge in [-0.05, 0) is 13.8 Å². The molecule has 0 aromatic carbocycles. The highest BCUT2D eigenvalue weighted by atomic mass is 32.2. The molecule has 10 heteroatoms. The van der Waals surface area contributed by atoms with Crippen molar-refractivity contribution < 1.29 is 17.7 Å². The number of H-pyrrole nitrogens is 1. The van der Waals surface area contributed by atoms with Crippen LogP contribution in [0.1, 0.15) is 27.6 Å². The molecular formula is C16H21N5O4S. The lowest BCUT2D eigenvalue weighted by molar-refractivity contribution is 0.0272. The van der Waals surface area contributed by atoms with Gasteiger partial charge in [0.25, 0.3) is 5.91 Å². The van der Waals surface area contributed by atoms with Crippen LogP contribution in [0.5, 0.6) is 0 Å². The van der Waals surface area contributed by atoms with Crippen molar-refractivity contribution >= 4 is 15.7 Å². The monoisotopic (exact) mass is 379 g/mol. The van der Waals surface area contributed by atoms with Gasteiger partial charge in [-0.25, -0.2) is 13.4 Å². The van der Waals surface area contributed by atoms with E-state index in [1.807, 2.05) is 6.92 Å². The molecule has 26 heavy (non-hydrogen) atoms. The van der Waals surface area contributed by atoms with Crippen molar-refractivity contribution in [2.75, 3.05) is 24.6 Å². The quantitative estimate of drug-likeness (QED) is 0.807. The van der Waals surface area contributed by atoms with Crippen molar-refractivity contribution in [1.29, 1.82) is 0 Å². The molecule has 4 rings (SSSR count). The van der Waals surface area contributed by atoms with Crippen LogP contribution in [-0.2, 0) is 16.4 Å². The van der Waals surface area contributed by atoms with Crippen molar-refractivity contribution in [3.8, 4) is 0 Å². The van der Waals surface area contributed by atoms with Crippen LogP contribution < -0.4 is 0 Å². The smallest absolute Gasteiger partial charge is 0.292 e. The summed E-state index contributed by atoms with van der Waals surface area (Å²) in [5, 5.41) is 3.76. The zero-order valence-corrected chi connectivity index (χ0v) is 15.5. The Morgan fingerprint density at radius 2 is 2.08 bits per heavy atom. The Balaban J connectivity index is 1.59. The fourth-order valence-electron chi connectivity index (χ4n) is 3.82. The molecule has 9 nitrogen and oxygen atoms in total. The van der Waals surface area contributed by atoms with E-state index >= 15 is 0 Å². The molecule has 2 aliphatic rings. The maximum atomic E-state index is 12.8. The van der Waals surface area contributed by atoms with Gasteiger partial charge in [0.2, 0.25) is 5.76 Å². The van der Waals surface area contributed by atoms with Crippen LogP contribution in [0.15, 0.2) is 16.9 Å². The molecular weight excluding hydrogens is 358 g/mol. The molecule has 2 aromatic heterocycles. The fourth-order valence-corrected chi connectivity index (χ4v) is 5.83. The molecule has 140 valence electrons. The van der Waals surface area contributed by atoms with Crippen molar-refractivity contribution in [1.82, 2.24) is 24.9 Å². The van der Waals surface area contributed by atoms with Gasteiger partial charge in [0, 0.05) is 37.4 Å². The highest BCUT2D eigenvalue weighted by Crippen LogP contribution is 2.29. The Labute approximate surface area is 151 Å². The highest BCUT2D eigenvalue weighted by molar-refractivity contribution is 7.91. The number of rotatable bonds is 3. The number of hydrogen-bond donors (Lipinski definition) is 1. The van der Waals surface area contributed by atoms with Crippen molar-refractivity contribution in [3.05, 3.63) is 35.2 Å². The van der Waals surface area contributed by atoms with Crippen LogP contribution >= 0.6 is 0 Å². The number of aromatic nitrogens is 3. The molecule has 0 saturated carbocycles. The number of amides is 1. The van der Waals surface area contributed by atoms with Crippen molar-refractivity contribution in [2.24, 2.45) is 0 Å². The lowest BCUT2D eigenvalue weighted by Gasteiger charge is -2.43. The molecule has 2 aliphatic heterocycles. The molecule has 1 N–H and O–H groups in total. The molecule has 0 unspecified atom stereocenters. The average Bonchev–Trinajstić information content (AvgIpc) is 3.26. The third-order valence-electron chi connectivity index (χ3n) is 5.18. The number of aryl methyl sites for hydroxylation is 2. The number of nitrogens with one attached hydrogen (secondary N) is 1. The van der Waals surface area contributed by atoms with Crippen molar-refractivity contribution in [3.63, 3.8) is 0 Å². The third-order valence-corrected chi connectivity index (χ3v) is 6.88. The van der Waals surface area contributed by atoms with Crippen LogP contribution in [0.4, 0.5) is 0 Å². The number of sulfone groups is 1. The van der Waals surface area contributed by atoms with Gasteiger partial charge in [0.05, 0.1) is 35.3 Å². The minimum Gasteiger partial charge on any atom is -0.351 e. The summed E-state index contributed by atoms with van der Waals surface area (Å²) in [6, 6.07) is 0.962. The lowest BCUT2D eigenvalue weighted by Crippen LogP contribution is -2.60. The van der Waals surface area contributed by atoms with E-state index in [2.05, 4.69) is 20.0 Å². The summed E-state index contributed by atoms with van der Waals surface area (Å²) in [5.74, 6) is -0.108. The number of fused-ring (bicyclic) bond motifs is 1. The van der Waals surface area contributed by atoms with Gasteiger partial charge in [-0.15, -0.1) is 0 Å². The fraction of sp³-hybridized carbons (Fsp3) is 0.562. The standard InChI is InChI=1S/C16H21N5O4S/c1-10-5-15(25-19-10)16(22)21-4-3-20(6-12-11(2)17-9-18-12)13-7-26(23,24)8-14(13)21/h5,9,13-14H,3-4,6-8H2,1-2H3,(H,17,18)/t13-,14+/m1/s1. The maximum absolute atomic E-state index is 12.8. The Hall–Kier alpha value is -2.20. The number of piperazine rings is 1. The summed E-state index contributed by atoms with van der Waals surface area (Å²) in [6.07, 6.45) is 1.64. The molecule has 0 bridgehead atoms. The molecule has 4 heterocycles. The van der Waals surface area contributed by atoms with E-state index in [0.717, 1.165) is 11.4 Å². The highest BCUT2D eigenvalue weighted by Gasteiger charge is 2.48. The van der Waals surface area contributed by atoms with E-state index in [9.17, 15) is 13.2 Å². The van der Waals surface area contributed by atoms with Gasteiger partial charge in [0.1, 0.15) is 0 Å². The number of carbonyl (C=O) groups is 1. The SMILES string of the molecule is Cc1cc(C(=O)N2CCN(Cc3nc[nH]c3C)[C@@H]3CS(=O)(=O)C[C@@H]32)on1. The van der Waals surface area contributed by atoms with Gasteiger partial charge in [-0.1, -0.05) is 5.16 Å². The lowest BCUT2D eigenvalue weighted by atomic mass is 10.0. The Bertz CT molecular complexity index is 934. The molecule has 2 atom stereocenters. The first kappa shape index (κ1) is 17.2. The Morgan fingerprint density at radius 1 is 1.31 bits per heavy atom. The van der Waals surface area contributed by atoms with E-state index in [-0.39, 0.29) is 35.3 Å². The minimum atomic E-state index is -3.20. The van der Waals surface area contributed by atoms with E-state index in [0.29, 0.717) is 25.3 Å². The predicted octanol–water partition coefficient (Wildman–Crippen LogP) is 0.138. The number of aromatic amines is 1. The zero-order chi connectivity index (χ0) is 18.5. The number of carbonyl (C=O) groups excluding carboxylic acids is 1. The first-order valence-corrected chi connectivity index (χ1v) is 10.3. The first-order chi connectivity index (χ1) is 12.3. The Morgan fingerprint density at radius 3 is 2.73 bits per heavy atom. The summed E-state index contributed by atoms with van der Waals surface area (Å²) in [4.78, 5) is 23.9. The first-order valence-electron chi connectivity index (χ1n) is 8.52. The molecule has 0 spiro atoms. The average molecular weight is 379 g/mol. The maximum Gasteiger partial charge on any atom is 0.292 e. The predicted molar refractivity (Wildman–Crippen MR) is 92.2 cm³/mol. The van der Waals surface area contributed by atoms with Gasteiger partial charge in [0.15, 0.2) is 9.84 Å². The summed E-state index contributed by atoms with van der Waals surface area (Å²) in [5.41, 5.74) is 2.49. The second-order valence-electron chi connectivity index (χ2n) is 6.99. The molecule has 1 amide bonds. The van der Waals surface area contributed by atoms with Crippen LogP contribution in [0, 0.1) is 13.8 Å². The molecule has 2 aromatic rings. The summed E-state index contributed by atoms with van der Waals surface area (Å²) in [6.45, 7) is 5.28. The van der Waals surface area contributed by atoms with Crippen LogP contribution in [0.2, 0.25) is 0 Å². The van der Waals surface area contributed by atoms with Gasteiger partial charge >= 0.3 is 0 Å². The number of imidazole rings is 1. The summed E-state index contributed by atoms with van der Waals surface area (Å²) in [7, 11) is -3.20. The largest absolute Gasteiger partial charge is 0.351 e. The van der Waals surface area contributed by atoms with E-state index in [1.165, 1.54) is 0 Å². The third kappa shape index (κ3) is 3.03. The number of hydrogen-bond acceptors (Lipinski definition) is 7. The van der Waals surface area contributed by atoms with Gasteiger partial charge < -0.3 is 14.4 Å². The van der Waals surface area contributed by atoms with Crippen LogP contribution in [0.25, 0.3) is 0 Å². The molecule has 0 radical (unpaired) electrons. The summed E-state index contributed by atoms with van der Waals surface area (Å²) < 4.78 is 29.7. The second-order valence-corrected chi connectivity index (χ2v) is 9.14. The number of nitrogens with zero attached hydrogens (tertiary/aromatic N) is 4. The van der Waals surface area contributed by atoms with Crippen LogP contribution in [0.3, 0.4) is 0 Å². The van der Waals surface area contributed by atoms with E-state index in [4.69, 9.17) is 4.52 Å². The van der Waals surface area contributed by atoms with E-state index < -0.39 is 9.84 Å². The van der Waals surface area contributed by atoms with Gasteiger partial charge in [-0.2, -0.15) is 0 Å². The normalized spacial score (nSPS) is 25.4. The van der Waals surface area contributed by atoms with E-state index in [1.54, 1.807) is 24.2 Å². The molecule has 0 aliphatic carbocycles. The summed E-state index contributed by atoms with van der Waals surface area (Å²) >= 11 is 0. The minimum absolute atomic E-state index is 0.0213. The molecule has 2 fully saturated rings. The molecule has 2 saturated heterocycles. The second kappa shape index (κ2) is 6.20.